The smallest absolute Gasteiger partial charge is 0.353 e. The average molecular weight is 378 g/mol. The monoisotopic (exact) mass is 378 g/mol. The summed E-state index contributed by atoms with van der Waals surface area (Å²) in [5, 5.41) is 2.63. The number of halogens is 6. The summed E-state index contributed by atoms with van der Waals surface area (Å²) in [6.07, 6.45) is -9.86. The van der Waals surface area contributed by atoms with E-state index in [1.165, 1.54) is 0 Å². The fourth-order valence-electron chi connectivity index (χ4n) is 0.728. The normalized spacial score (nSPS) is 12.7. The standard InChI is InChI=1S/C5H12N2O.C4H5F6O4P/c1-4(2)7-5(8)3-6;5-3(6,7)1-13-15(11,12)14-2-4(8,9)10/h4H,3,6H2,1-2H3,(H,7,8);1-2H2,(H,11,12). The van der Waals surface area contributed by atoms with Crippen LogP contribution >= 0.6 is 7.82 Å². The summed E-state index contributed by atoms with van der Waals surface area (Å²) in [6.45, 7) is -0.462. The average Bonchev–Trinajstić information content (AvgIpc) is 2.33. The second-order valence-corrected chi connectivity index (χ2v) is 5.63. The number of carbonyl (C=O) groups excluding carboxylic acids is 1. The Morgan fingerprint density at radius 3 is 1.65 bits per heavy atom. The maximum atomic E-state index is 11.4. The van der Waals surface area contributed by atoms with Crippen LogP contribution in [-0.4, -0.2) is 49.0 Å². The Labute approximate surface area is 127 Å². The molecule has 0 saturated carbocycles. The van der Waals surface area contributed by atoms with Gasteiger partial charge in [-0.15, -0.1) is 0 Å². The van der Waals surface area contributed by atoms with E-state index >= 15 is 0 Å². The van der Waals surface area contributed by atoms with Gasteiger partial charge in [-0.05, 0) is 13.8 Å². The minimum absolute atomic E-state index is 0.0815. The van der Waals surface area contributed by atoms with Crippen LogP contribution in [0.3, 0.4) is 0 Å². The lowest BCUT2D eigenvalue weighted by molar-refractivity contribution is -0.169. The highest BCUT2D eigenvalue weighted by atomic mass is 31.2. The molecule has 0 bridgehead atoms. The predicted octanol–water partition coefficient (Wildman–Crippen LogP) is 1.71. The Bertz CT molecular complexity index is 379. The van der Waals surface area contributed by atoms with Crippen LogP contribution < -0.4 is 11.1 Å². The van der Waals surface area contributed by atoms with Crippen molar-refractivity contribution in [2.75, 3.05) is 19.8 Å². The first-order valence-electron chi connectivity index (χ1n) is 5.83. The van der Waals surface area contributed by atoms with E-state index in [2.05, 4.69) is 14.4 Å². The Morgan fingerprint density at radius 2 is 1.48 bits per heavy atom. The molecule has 0 atom stereocenters. The molecule has 0 aromatic rings. The summed E-state index contributed by atoms with van der Waals surface area (Å²) >= 11 is 0. The molecule has 0 aromatic carbocycles. The van der Waals surface area contributed by atoms with Crippen molar-refractivity contribution in [3.63, 3.8) is 0 Å². The van der Waals surface area contributed by atoms with Crippen LogP contribution in [-0.2, 0) is 18.4 Å². The number of alkyl halides is 6. The second kappa shape index (κ2) is 10.1. The Balaban J connectivity index is 0. The molecule has 0 saturated heterocycles. The zero-order valence-electron chi connectivity index (χ0n) is 12.1. The number of nitrogens with two attached hydrogens (primary N) is 1. The second-order valence-electron chi connectivity index (χ2n) is 4.17. The summed E-state index contributed by atoms with van der Waals surface area (Å²) < 4.78 is 85.5. The van der Waals surface area contributed by atoms with Crippen molar-refractivity contribution in [2.45, 2.75) is 32.2 Å². The molecular weight excluding hydrogens is 361 g/mol. The fraction of sp³-hybridized carbons (Fsp3) is 0.889. The van der Waals surface area contributed by atoms with E-state index in [0.717, 1.165) is 0 Å². The Morgan fingerprint density at radius 1 is 1.13 bits per heavy atom. The van der Waals surface area contributed by atoms with Gasteiger partial charge in [-0.2, -0.15) is 26.3 Å². The molecule has 1 amide bonds. The van der Waals surface area contributed by atoms with Gasteiger partial charge in [-0.3, -0.25) is 13.8 Å². The number of rotatable bonds is 6. The molecule has 14 heteroatoms. The van der Waals surface area contributed by atoms with Gasteiger partial charge >= 0.3 is 20.2 Å². The van der Waals surface area contributed by atoms with Crippen LogP contribution in [0.15, 0.2) is 0 Å². The van der Waals surface area contributed by atoms with Gasteiger partial charge in [0.25, 0.3) is 0 Å². The minimum atomic E-state index is -5.33. The molecule has 0 spiro atoms. The van der Waals surface area contributed by atoms with Gasteiger partial charge in [0.05, 0.1) is 6.54 Å². The third-order valence-electron chi connectivity index (χ3n) is 1.42. The predicted molar refractivity (Wildman–Crippen MR) is 66.2 cm³/mol. The zero-order chi connectivity index (χ0) is 18.9. The fourth-order valence-corrected chi connectivity index (χ4v) is 1.42. The van der Waals surface area contributed by atoms with E-state index in [4.69, 9.17) is 10.6 Å². The van der Waals surface area contributed by atoms with Gasteiger partial charge in [-0.1, -0.05) is 0 Å². The maximum Gasteiger partial charge on any atom is 0.472 e. The lowest BCUT2D eigenvalue weighted by Gasteiger charge is -2.14. The van der Waals surface area contributed by atoms with Crippen LogP contribution in [0, 0.1) is 0 Å². The highest BCUT2D eigenvalue weighted by Crippen LogP contribution is 2.45. The van der Waals surface area contributed by atoms with Gasteiger partial charge in [0, 0.05) is 6.04 Å². The van der Waals surface area contributed by atoms with Gasteiger partial charge in [0.15, 0.2) is 13.2 Å². The molecule has 0 unspecified atom stereocenters. The molecule has 0 fully saturated rings. The molecule has 0 aliphatic heterocycles. The number of nitrogens with one attached hydrogen (secondary N) is 1. The maximum absolute atomic E-state index is 11.4. The van der Waals surface area contributed by atoms with E-state index in [9.17, 15) is 35.7 Å². The van der Waals surface area contributed by atoms with Crippen molar-refractivity contribution in [3.8, 4) is 0 Å². The van der Waals surface area contributed by atoms with Crippen LogP contribution in [0.4, 0.5) is 26.3 Å². The molecule has 7 nitrogen and oxygen atoms in total. The van der Waals surface area contributed by atoms with E-state index in [1.54, 1.807) is 0 Å². The number of hydrogen-bond donors (Lipinski definition) is 3. The largest absolute Gasteiger partial charge is 0.472 e. The summed E-state index contributed by atoms with van der Waals surface area (Å²) in [5.74, 6) is -0.0972. The summed E-state index contributed by atoms with van der Waals surface area (Å²) in [6, 6.07) is 0.200. The molecular formula is C9H17F6N2O5P. The van der Waals surface area contributed by atoms with Crippen LogP contribution in [0.2, 0.25) is 0 Å². The van der Waals surface area contributed by atoms with Gasteiger partial charge < -0.3 is 15.9 Å². The first-order valence-corrected chi connectivity index (χ1v) is 7.32. The molecule has 0 rings (SSSR count). The number of hydrogen-bond acceptors (Lipinski definition) is 5. The first-order chi connectivity index (χ1) is 10.1. The SMILES string of the molecule is CC(C)NC(=O)CN.O=P(O)(OCC(F)(F)F)OCC(F)(F)F. The molecule has 140 valence electrons. The van der Waals surface area contributed by atoms with Crippen LogP contribution in [0.1, 0.15) is 13.8 Å². The van der Waals surface area contributed by atoms with Crippen molar-refractivity contribution in [3.05, 3.63) is 0 Å². The number of phosphoric acid groups is 1. The molecule has 23 heavy (non-hydrogen) atoms. The lowest BCUT2D eigenvalue weighted by Crippen LogP contribution is -2.35. The Hall–Kier alpha value is -0.880. The molecule has 4 N–H and O–H groups in total. The van der Waals surface area contributed by atoms with E-state index in [-0.39, 0.29) is 18.5 Å². The highest BCUT2D eigenvalue weighted by Gasteiger charge is 2.37. The van der Waals surface area contributed by atoms with Crippen molar-refractivity contribution in [2.24, 2.45) is 5.73 Å². The minimum Gasteiger partial charge on any atom is -0.353 e. The summed E-state index contributed by atoms with van der Waals surface area (Å²) in [7, 11) is -5.33. The van der Waals surface area contributed by atoms with Crippen LogP contribution in [0.25, 0.3) is 0 Å². The van der Waals surface area contributed by atoms with Gasteiger partial charge in [0.1, 0.15) is 0 Å². The van der Waals surface area contributed by atoms with Crippen molar-refractivity contribution in [1.29, 1.82) is 0 Å². The molecule has 0 heterocycles. The zero-order valence-corrected chi connectivity index (χ0v) is 13.0. The number of carbonyl (C=O) groups is 1. The molecule has 0 radical (unpaired) electrons. The Kier molecular flexibility index (Phi) is 10.7. The summed E-state index contributed by atoms with van der Waals surface area (Å²) in [5.41, 5.74) is 5.01. The van der Waals surface area contributed by atoms with Crippen molar-refractivity contribution < 1.29 is 49.6 Å². The summed E-state index contributed by atoms with van der Waals surface area (Å²) in [4.78, 5) is 18.7. The molecule has 0 aromatic heterocycles. The lowest BCUT2D eigenvalue weighted by atomic mass is 10.4. The van der Waals surface area contributed by atoms with E-state index in [1.807, 2.05) is 13.8 Å². The van der Waals surface area contributed by atoms with Crippen LogP contribution in [0.5, 0.6) is 0 Å². The number of phosphoric ester groups is 1. The first kappa shape index (κ1) is 24.4. The third kappa shape index (κ3) is 21.1. The topological polar surface area (TPSA) is 111 Å². The molecule has 0 aliphatic rings. The number of amides is 1. The van der Waals surface area contributed by atoms with E-state index in [0.29, 0.717) is 0 Å². The van der Waals surface area contributed by atoms with Gasteiger partial charge in [0.2, 0.25) is 5.91 Å². The van der Waals surface area contributed by atoms with E-state index < -0.39 is 33.4 Å². The quantitative estimate of drug-likeness (QED) is 0.480. The highest BCUT2D eigenvalue weighted by molar-refractivity contribution is 7.47. The van der Waals surface area contributed by atoms with Gasteiger partial charge in [-0.25, -0.2) is 4.57 Å². The molecule has 0 aliphatic carbocycles. The third-order valence-corrected chi connectivity index (χ3v) is 2.33. The van der Waals surface area contributed by atoms with Crippen molar-refractivity contribution >= 4 is 13.7 Å². The van der Waals surface area contributed by atoms with Crippen molar-refractivity contribution in [1.82, 2.24) is 5.32 Å².